The molecule has 7 heteroatoms. The van der Waals surface area contributed by atoms with Crippen molar-refractivity contribution in [1.29, 1.82) is 0 Å². The number of aromatic carboxylic acids is 1. The van der Waals surface area contributed by atoms with Gasteiger partial charge in [-0.3, -0.25) is 4.79 Å². The van der Waals surface area contributed by atoms with Gasteiger partial charge in [-0.25, -0.2) is 9.78 Å². The van der Waals surface area contributed by atoms with Crippen LogP contribution in [-0.4, -0.2) is 22.0 Å². The van der Waals surface area contributed by atoms with Crippen LogP contribution in [0.15, 0.2) is 36.5 Å². The van der Waals surface area contributed by atoms with Gasteiger partial charge < -0.3 is 10.4 Å². The van der Waals surface area contributed by atoms with Gasteiger partial charge in [0.05, 0.1) is 11.3 Å². The van der Waals surface area contributed by atoms with Gasteiger partial charge in [0.1, 0.15) is 0 Å². The minimum absolute atomic E-state index is 0.140. The number of carbonyl (C=O) groups is 2. The second-order valence-corrected chi connectivity index (χ2v) is 5.38. The third kappa shape index (κ3) is 3.26. The van der Waals surface area contributed by atoms with E-state index in [0.29, 0.717) is 14.2 Å². The molecule has 5 nitrogen and oxygen atoms in total. The van der Waals surface area contributed by atoms with Gasteiger partial charge in [-0.2, -0.15) is 0 Å². The molecule has 2 N–H and O–H groups in total. The highest BCUT2D eigenvalue weighted by Crippen LogP contribution is 2.20. The molecule has 0 bridgehead atoms. The van der Waals surface area contributed by atoms with Gasteiger partial charge >= 0.3 is 5.97 Å². The lowest BCUT2D eigenvalue weighted by Gasteiger charge is -2.09. The Hall–Kier alpha value is -1.67. The highest BCUT2D eigenvalue weighted by molar-refractivity contribution is 14.1. The monoisotopic (exact) mass is 402 g/mol. The number of rotatable bonds is 3. The van der Waals surface area contributed by atoms with Gasteiger partial charge in [-0.05, 0) is 52.9 Å². The average molecular weight is 403 g/mol. The van der Waals surface area contributed by atoms with E-state index in [9.17, 15) is 9.59 Å². The van der Waals surface area contributed by atoms with E-state index in [4.69, 9.17) is 16.7 Å². The molecule has 1 amide bonds. The molecule has 1 heterocycles. The molecule has 0 aliphatic rings. The highest BCUT2D eigenvalue weighted by atomic mass is 127. The standard InChI is InChI=1S/C13H8ClIN2O3/c14-7-3-4-9(15)8(6-7)12(18)17-10-2-1-5-16-11(10)13(19)20/h1-6H,(H,17,18)(H,19,20). The molecule has 0 saturated carbocycles. The largest absolute Gasteiger partial charge is 0.476 e. The Bertz CT molecular complexity index is 691. The summed E-state index contributed by atoms with van der Waals surface area (Å²) in [7, 11) is 0. The summed E-state index contributed by atoms with van der Waals surface area (Å²) >= 11 is 7.86. The number of benzene rings is 1. The molecule has 0 spiro atoms. The lowest BCUT2D eigenvalue weighted by molar-refractivity contribution is 0.0692. The van der Waals surface area contributed by atoms with Crippen LogP contribution in [0.3, 0.4) is 0 Å². The van der Waals surface area contributed by atoms with Crippen LogP contribution in [0.25, 0.3) is 0 Å². The topological polar surface area (TPSA) is 79.3 Å². The summed E-state index contributed by atoms with van der Waals surface area (Å²) in [6.45, 7) is 0. The Kier molecular flexibility index (Phi) is 4.56. The van der Waals surface area contributed by atoms with E-state index in [2.05, 4.69) is 10.3 Å². The number of carboxylic acids is 1. The zero-order chi connectivity index (χ0) is 14.7. The molecular weight excluding hydrogens is 395 g/mol. The first-order chi connectivity index (χ1) is 9.49. The predicted octanol–water partition coefficient (Wildman–Crippen LogP) is 3.29. The molecule has 0 unspecified atom stereocenters. The van der Waals surface area contributed by atoms with Crippen molar-refractivity contribution in [3.8, 4) is 0 Å². The van der Waals surface area contributed by atoms with Crippen LogP contribution in [0.1, 0.15) is 20.8 Å². The second kappa shape index (κ2) is 6.19. The maximum Gasteiger partial charge on any atom is 0.356 e. The Balaban J connectivity index is 2.33. The lowest BCUT2D eigenvalue weighted by Crippen LogP contribution is -2.16. The number of carboxylic acid groups (broad SMARTS) is 1. The number of nitrogens with zero attached hydrogens (tertiary/aromatic N) is 1. The Morgan fingerprint density at radius 1 is 1.30 bits per heavy atom. The van der Waals surface area contributed by atoms with Crippen molar-refractivity contribution in [2.75, 3.05) is 5.32 Å². The maximum atomic E-state index is 12.2. The Labute approximate surface area is 133 Å². The number of anilines is 1. The maximum absolute atomic E-state index is 12.2. The number of carbonyl (C=O) groups excluding carboxylic acids is 1. The smallest absolute Gasteiger partial charge is 0.356 e. The fourth-order valence-corrected chi connectivity index (χ4v) is 2.29. The zero-order valence-corrected chi connectivity index (χ0v) is 12.8. The number of amides is 1. The van der Waals surface area contributed by atoms with Crippen LogP contribution in [0.4, 0.5) is 5.69 Å². The summed E-state index contributed by atoms with van der Waals surface area (Å²) in [4.78, 5) is 26.9. The molecule has 1 aromatic carbocycles. The van der Waals surface area contributed by atoms with Crippen molar-refractivity contribution in [3.63, 3.8) is 0 Å². The van der Waals surface area contributed by atoms with E-state index >= 15 is 0 Å². The summed E-state index contributed by atoms with van der Waals surface area (Å²) in [6.07, 6.45) is 1.35. The van der Waals surface area contributed by atoms with E-state index in [1.165, 1.54) is 18.3 Å². The molecule has 0 atom stereocenters. The first kappa shape index (κ1) is 14.7. The van der Waals surface area contributed by atoms with Crippen molar-refractivity contribution in [2.45, 2.75) is 0 Å². The molecule has 0 aliphatic carbocycles. The minimum atomic E-state index is -1.21. The number of hydrogen-bond donors (Lipinski definition) is 2. The van der Waals surface area contributed by atoms with Gasteiger partial charge in [-0.15, -0.1) is 0 Å². The van der Waals surface area contributed by atoms with Crippen LogP contribution in [0.5, 0.6) is 0 Å². The van der Waals surface area contributed by atoms with Gasteiger partial charge in [0.2, 0.25) is 0 Å². The van der Waals surface area contributed by atoms with Gasteiger partial charge in [0.15, 0.2) is 5.69 Å². The predicted molar refractivity (Wildman–Crippen MR) is 83.3 cm³/mol. The van der Waals surface area contributed by atoms with Crippen LogP contribution >= 0.6 is 34.2 Å². The Morgan fingerprint density at radius 2 is 2.05 bits per heavy atom. The summed E-state index contributed by atoms with van der Waals surface area (Å²) in [5.41, 5.74) is 0.303. The van der Waals surface area contributed by atoms with Gasteiger partial charge in [0, 0.05) is 14.8 Å². The molecule has 0 aliphatic heterocycles. The number of nitrogens with one attached hydrogen (secondary N) is 1. The van der Waals surface area contributed by atoms with Crippen molar-refractivity contribution in [3.05, 3.63) is 56.4 Å². The van der Waals surface area contributed by atoms with Crippen molar-refractivity contribution < 1.29 is 14.7 Å². The molecule has 2 aromatic rings. The van der Waals surface area contributed by atoms with Crippen LogP contribution in [-0.2, 0) is 0 Å². The lowest BCUT2D eigenvalue weighted by atomic mass is 10.2. The SMILES string of the molecule is O=C(Nc1cccnc1C(=O)O)c1cc(Cl)ccc1I. The number of halogens is 2. The molecule has 1 aromatic heterocycles. The Morgan fingerprint density at radius 3 is 2.75 bits per heavy atom. The third-order valence-electron chi connectivity index (χ3n) is 2.43. The first-order valence-electron chi connectivity index (χ1n) is 5.44. The fourth-order valence-electron chi connectivity index (χ4n) is 1.54. The second-order valence-electron chi connectivity index (χ2n) is 3.78. The first-order valence-corrected chi connectivity index (χ1v) is 6.89. The van der Waals surface area contributed by atoms with Gasteiger partial charge in [-0.1, -0.05) is 11.6 Å². The van der Waals surface area contributed by atoms with E-state index in [1.807, 2.05) is 22.6 Å². The van der Waals surface area contributed by atoms with E-state index < -0.39 is 11.9 Å². The van der Waals surface area contributed by atoms with Crippen LogP contribution in [0.2, 0.25) is 5.02 Å². The van der Waals surface area contributed by atoms with E-state index in [1.54, 1.807) is 18.2 Å². The van der Waals surface area contributed by atoms with Crippen molar-refractivity contribution in [1.82, 2.24) is 4.98 Å². The fraction of sp³-hybridized carbons (Fsp3) is 0. The molecule has 0 fully saturated rings. The average Bonchev–Trinajstić information content (AvgIpc) is 2.41. The quantitative estimate of drug-likeness (QED) is 0.772. The molecule has 2 rings (SSSR count). The number of aromatic nitrogens is 1. The molecule has 0 radical (unpaired) electrons. The highest BCUT2D eigenvalue weighted by Gasteiger charge is 2.16. The van der Waals surface area contributed by atoms with E-state index in [-0.39, 0.29) is 11.4 Å². The van der Waals surface area contributed by atoms with Crippen LogP contribution in [0, 0.1) is 3.57 Å². The molecular formula is C13H8ClIN2O3. The minimum Gasteiger partial charge on any atom is -0.476 e. The molecule has 20 heavy (non-hydrogen) atoms. The van der Waals surface area contributed by atoms with E-state index in [0.717, 1.165) is 0 Å². The summed E-state index contributed by atoms with van der Waals surface area (Å²) in [5.74, 6) is -1.64. The van der Waals surface area contributed by atoms with Crippen LogP contribution < -0.4 is 5.32 Å². The zero-order valence-electron chi connectivity index (χ0n) is 9.93. The van der Waals surface area contributed by atoms with Gasteiger partial charge in [0.25, 0.3) is 5.91 Å². The molecule has 0 saturated heterocycles. The van der Waals surface area contributed by atoms with Crippen molar-refractivity contribution >= 4 is 51.8 Å². The van der Waals surface area contributed by atoms with Crippen molar-refractivity contribution in [2.24, 2.45) is 0 Å². The third-order valence-corrected chi connectivity index (χ3v) is 3.61. The number of pyridine rings is 1. The normalized spacial score (nSPS) is 10.1. The summed E-state index contributed by atoms with van der Waals surface area (Å²) < 4.78 is 0.713. The molecule has 102 valence electrons. The summed E-state index contributed by atoms with van der Waals surface area (Å²) in [5, 5.41) is 12.0. The number of hydrogen-bond acceptors (Lipinski definition) is 3. The summed E-state index contributed by atoms with van der Waals surface area (Å²) in [6, 6.07) is 7.93.